The summed E-state index contributed by atoms with van der Waals surface area (Å²) in [5.41, 5.74) is 2.44. The summed E-state index contributed by atoms with van der Waals surface area (Å²) in [4.78, 5) is 16.8. The van der Waals surface area contributed by atoms with E-state index in [1.54, 1.807) is 25.3 Å². The number of carbonyl (C=O) groups is 1. The average Bonchev–Trinajstić information content (AvgIpc) is 3.15. The van der Waals surface area contributed by atoms with Crippen molar-refractivity contribution in [2.45, 2.75) is 6.61 Å². The summed E-state index contributed by atoms with van der Waals surface area (Å²) in [5, 5.41) is 1.13. The van der Waals surface area contributed by atoms with Gasteiger partial charge in [0, 0.05) is 8.59 Å². The minimum Gasteiger partial charge on any atom is -0.493 e. The highest BCUT2D eigenvalue weighted by Gasteiger charge is 2.26. The highest BCUT2D eigenvalue weighted by Crippen LogP contribution is 2.36. The number of carbonyl (C=O) groups excluding carboxylic acids is 1. The number of cyclic esters (lactones) is 1. The van der Waals surface area contributed by atoms with Crippen LogP contribution in [0.15, 0.2) is 65.3 Å². The molecule has 0 aromatic heterocycles. The number of benzene rings is 3. The Morgan fingerprint density at radius 1 is 1.06 bits per heavy atom. The predicted octanol–water partition coefficient (Wildman–Crippen LogP) is 7.13. The van der Waals surface area contributed by atoms with E-state index in [0.29, 0.717) is 33.7 Å². The van der Waals surface area contributed by atoms with E-state index in [1.807, 2.05) is 42.5 Å². The number of ether oxygens (including phenoxy) is 3. The molecular weight excluding hydrogens is 691 g/mol. The molecule has 5 nitrogen and oxygen atoms in total. The van der Waals surface area contributed by atoms with E-state index in [1.165, 1.54) is 0 Å². The molecular formula is C24H15Cl2I2NO4. The Labute approximate surface area is 228 Å². The number of esters is 1. The molecule has 0 saturated carbocycles. The molecule has 1 heterocycles. The topological polar surface area (TPSA) is 57.1 Å². The van der Waals surface area contributed by atoms with Gasteiger partial charge < -0.3 is 14.2 Å². The van der Waals surface area contributed by atoms with Gasteiger partial charge >= 0.3 is 5.97 Å². The number of hydrogen-bond acceptors (Lipinski definition) is 5. The number of aliphatic imine (C=N–C) groups is 1. The van der Waals surface area contributed by atoms with Crippen LogP contribution in [0.5, 0.6) is 11.5 Å². The van der Waals surface area contributed by atoms with Crippen LogP contribution in [0.3, 0.4) is 0 Å². The number of halogens is 4. The minimum atomic E-state index is -0.544. The van der Waals surface area contributed by atoms with Crippen LogP contribution in [-0.2, 0) is 16.1 Å². The normalized spacial score (nSPS) is 14.3. The maximum atomic E-state index is 12.4. The van der Waals surface area contributed by atoms with Gasteiger partial charge in [0.2, 0.25) is 5.90 Å². The van der Waals surface area contributed by atoms with Crippen molar-refractivity contribution in [1.29, 1.82) is 0 Å². The Hall–Kier alpha value is -1.82. The largest absolute Gasteiger partial charge is 0.493 e. The second-order valence-electron chi connectivity index (χ2n) is 6.91. The summed E-state index contributed by atoms with van der Waals surface area (Å²) in [5.74, 6) is 0.786. The first-order valence-corrected chi connectivity index (χ1v) is 12.5. The van der Waals surface area contributed by atoms with E-state index < -0.39 is 5.97 Å². The number of hydrogen-bond donors (Lipinski definition) is 0. The van der Waals surface area contributed by atoms with Crippen LogP contribution in [-0.4, -0.2) is 19.0 Å². The van der Waals surface area contributed by atoms with Crippen molar-refractivity contribution in [2.75, 3.05) is 7.11 Å². The van der Waals surface area contributed by atoms with Gasteiger partial charge in [-0.3, -0.25) is 0 Å². The van der Waals surface area contributed by atoms with E-state index in [9.17, 15) is 4.79 Å². The van der Waals surface area contributed by atoms with Crippen LogP contribution < -0.4 is 9.47 Å². The first kappa shape index (κ1) is 24.3. The smallest absolute Gasteiger partial charge is 0.363 e. The second kappa shape index (κ2) is 10.6. The van der Waals surface area contributed by atoms with Gasteiger partial charge in [0.15, 0.2) is 17.2 Å². The molecule has 0 N–H and O–H groups in total. The third-order valence-corrected chi connectivity index (χ3v) is 6.68. The van der Waals surface area contributed by atoms with Gasteiger partial charge in [-0.15, -0.1) is 0 Å². The predicted molar refractivity (Wildman–Crippen MR) is 146 cm³/mol. The lowest BCUT2D eigenvalue weighted by molar-refractivity contribution is -0.129. The number of nitrogens with zero attached hydrogens (tertiary/aromatic N) is 1. The summed E-state index contributed by atoms with van der Waals surface area (Å²) in [6.07, 6.45) is 1.64. The summed E-state index contributed by atoms with van der Waals surface area (Å²) in [7, 11) is 1.57. The zero-order valence-electron chi connectivity index (χ0n) is 17.1. The third kappa shape index (κ3) is 5.82. The zero-order chi connectivity index (χ0) is 23.5. The number of methoxy groups -OCH3 is 1. The Morgan fingerprint density at radius 3 is 2.55 bits per heavy atom. The van der Waals surface area contributed by atoms with Crippen molar-refractivity contribution in [1.82, 2.24) is 0 Å². The fraction of sp³-hybridized carbons (Fsp3) is 0.0833. The van der Waals surface area contributed by atoms with E-state index in [4.69, 9.17) is 37.4 Å². The molecule has 0 fully saturated rings. The van der Waals surface area contributed by atoms with Crippen LogP contribution in [0.4, 0.5) is 0 Å². The SMILES string of the molecule is COc1cc(/C=C2\N=C(c3cc(I)ccc3Cl)OC2=O)cc(I)c1OCc1ccc(Cl)cc1. The summed E-state index contributed by atoms with van der Waals surface area (Å²) < 4.78 is 18.7. The standard InChI is InChI=1S/C24H15Cl2I2NO4/c1-31-21-10-14(8-19(28)22(21)32-12-13-2-4-15(25)5-3-13)9-20-24(30)33-23(29-20)17-11-16(27)6-7-18(17)26/h2-11H,12H2,1H3/b20-9-. The molecule has 9 heteroatoms. The second-order valence-corrected chi connectivity index (χ2v) is 10.2. The molecule has 1 aliphatic rings. The molecule has 3 aromatic carbocycles. The van der Waals surface area contributed by atoms with E-state index >= 15 is 0 Å². The van der Waals surface area contributed by atoms with Crippen LogP contribution in [0.1, 0.15) is 16.7 Å². The van der Waals surface area contributed by atoms with Crippen LogP contribution in [0, 0.1) is 7.14 Å². The van der Waals surface area contributed by atoms with Crippen molar-refractivity contribution in [2.24, 2.45) is 4.99 Å². The Kier molecular flexibility index (Phi) is 7.83. The summed E-state index contributed by atoms with van der Waals surface area (Å²) >= 11 is 16.5. The first-order valence-electron chi connectivity index (χ1n) is 9.57. The zero-order valence-corrected chi connectivity index (χ0v) is 22.9. The molecule has 0 unspecified atom stereocenters. The molecule has 1 aliphatic heterocycles. The highest BCUT2D eigenvalue weighted by molar-refractivity contribution is 14.1. The van der Waals surface area contributed by atoms with Crippen LogP contribution >= 0.6 is 68.4 Å². The monoisotopic (exact) mass is 705 g/mol. The Bertz CT molecular complexity index is 1290. The van der Waals surface area contributed by atoms with Crippen molar-refractivity contribution in [3.05, 3.63) is 94.2 Å². The molecule has 168 valence electrons. The lowest BCUT2D eigenvalue weighted by atomic mass is 10.1. The highest BCUT2D eigenvalue weighted by atomic mass is 127. The van der Waals surface area contributed by atoms with E-state index in [-0.39, 0.29) is 11.6 Å². The van der Waals surface area contributed by atoms with Crippen LogP contribution in [0.2, 0.25) is 10.0 Å². The molecule has 0 aliphatic carbocycles. The minimum absolute atomic E-state index is 0.174. The molecule has 0 saturated heterocycles. The van der Waals surface area contributed by atoms with Crippen molar-refractivity contribution in [3.63, 3.8) is 0 Å². The molecule has 0 radical (unpaired) electrons. The van der Waals surface area contributed by atoms with Crippen molar-refractivity contribution in [3.8, 4) is 11.5 Å². The lowest BCUT2D eigenvalue weighted by Gasteiger charge is -2.14. The van der Waals surface area contributed by atoms with Crippen molar-refractivity contribution >= 4 is 86.3 Å². The van der Waals surface area contributed by atoms with Crippen LogP contribution in [0.25, 0.3) is 6.08 Å². The molecule has 0 spiro atoms. The lowest BCUT2D eigenvalue weighted by Crippen LogP contribution is -2.06. The Balaban J connectivity index is 1.60. The quantitative estimate of drug-likeness (QED) is 0.156. The van der Waals surface area contributed by atoms with Gasteiger partial charge in [-0.25, -0.2) is 9.79 Å². The van der Waals surface area contributed by atoms with Gasteiger partial charge in [-0.2, -0.15) is 0 Å². The average molecular weight is 706 g/mol. The first-order chi connectivity index (χ1) is 15.8. The summed E-state index contributed by atoms with van der Waals surface area (Å²) in [6, 6.07) is 16.5. The molecule has 33 heavy (non-hydrogen) atoms. The Morgan fingerprint density at radius 2 is 1.82 bits per heavy atom. The van der Waals surface area contributed by atoms with Gasteiger partial charge in [-0.1, -0.05) is 35.3 Å². The molecule has 0 amide bonds. The molecule has 0 bridgehead atoms. The van der Waals surface area contributed by atoms with Gasteiger partial charge in [0.25, 0.3) is 0 Å². The van der Waals surface area contributed by atoms with E-state index in [2.05, 4.69) is 50.2 Å². The van der Waals surface area contributed by atoms with Gasteiger partial charge in [0.1, 0.15) is 6.61 Å². The molecule has 4 rings (SSSR count). The van der Waals surface area contributed by atoms with Crippen molar-refractivity contribution < 1.29 is 19.0 Å². The number of rotatable bonds is 6. The third-order valence-electron chi connectivity index (χ3n) is 4.63. The molecule has 0 atom stereocenters. The summed E-state index contributed by atoms with van der Waals surface area (Å²) in [6.45, 7) is 0.362. The molecule has 3 aromatic rings. The van der Waals surface area contributed by atoms with Gasteiger partial charge in [-0.05, 0) is 105 Å². The van der Waals surface area contributed by atoms with E-state index in [0.717, 1.165) is 18.3 Å². The van der Waals surface area contributed by atoms with Gasteiger partial charge in [0.05, 0.1) is 21.3 Å². The fourth-order valence-electron chi connectivity index (χ4n) is 3.04. The maximum absolute atomic E-state index is 12.4. The fourth-order valence-corrected chi connectivity index (χ4v) is 4.64. The maximum Gasteiger partial charge on any atom is 0.363 e.